The van der Waals surface area contributed by atoms with Gasteiger partial charge in [0.15, 0.2) is 5.60 Å². The van der Waals surface area contributed by atoms with E-state index in [1.807, 2.05) is 6.07 Å². The van der Waals surface area contributed by atoms with Crippen LogP contribution in [0.15, 0.2) is 18.3 Å². The van der Waals surface area contributed by atoms with E-state index in [-0.39, 0.29) is 11.6 Å². The van der Waals surface area contributed by atoms with Crippen LogP contribution in [-0.2, 0) is 21.6 Å². The summed E-state index contributed by atoms with van der Waals surface area (Å²) < 4.78 is 5.51. The molecule has 1 spiro atoms. The minimum Gasteiger partial charge on any atom is -0.452 e. The van der Waals surface area contributed by atoms with Gasteiger partial charge in [0.2, 0.25) is 0 Å². The van der Waals surface area contributed by atoms with Crippen LogP contribution in [0.3, 0.4) is 0 Å². The highest BCUT2D eigenvalue weighted by atomic mass is 16.6. The number of pyridine rings is 1. The highest BCUT2D eigenvalue weighted by Crippen LogP contribution is 2.44. The van der Waals surface area contributed by atoms with E-state index < -0.39 is 0 Å². The predicted octanol–water partition coefficient (Wildman–Crippen LogP) is 1.95. The molecule has 15 heavy (non-hydrogen) atoms. The van der Waals surface area contributed by atoms with Crippen molar-refractivity contribution in [2.45, 2.75) is 37.7 Å². The summed E-state index contributed by atoms with van der Waals surface area (Å²) in [6, 6.07) is 4.05. The van der Waals surface area contributed by atoms with E-state index in [0.29, 0.717) is 6.42 Å². The molecule has 1 aliphatic heterocycles. The summed E-state index contributed by atoms with van der Waals surface area (Å²) in [5.74, 6) is -0.0755. The van der Waals surface area contributed by atoms with Crippen LogP contribution < -0.4 is 0 Å². The SMILES string of the molecule is O=C1CCC2(CCCc3cccnc32)O1. The van der Waals surface area contributed by atoms with Gasteiger partial charge in [-0.15, -0.1) is 0 Å². The number of carbonyl (C=O) groups excluding carboxylic acids is 1. The number of carbonyl (C=O) groups is 1. The Morgan fingerprint density at radius 1 is 1.33 bits per heavy atom. The topological polar surface area (TPSA) is 39.2 Å². The third-order valence-electron chi connectivity index (χ3n) is 3.39. The van der Waals surface area contributed by atoms with Gasteiger partial charge < -0.3 is 4.74 Å². The van der Waals surface area contributed by atoms with E-state index in [0.717, 1.165) is 31.4 Å². The lowest BCUT2D eigenvalue weighted by atomic mass is 9.81. The molecule has 1 unspecified atom stereocenters. The normalized spacial score (nSPS) is 28.9. The summed E-state index contributed by atoms with van der Waals surface area (Å²) in [7, 11) is 0. The number of hydrogen-bond donors (Lipinski definition) is 0. The van der Waals surface area contributed by atoms with Gasteiger partial charge in [-0.2, -0.15) is 0 Å². The van der Waals surface area contributed by atoms with Crippen LogP contribution in [0.1, 0.15) is 36.9 Å². The molecule has 0 saturated carbocycles. The van der Waals surface area contributed by atoms with Crippen LogP contribution in [-0.4, -0.2) is 11.0 Å². The number of rotatable bonds is 0. The van der Waals surface area contributed by atoms with Crippen molar-refractivity contribution in [2.24, 2.45) is 0 Å². The van der Waals surface area contributed by atoms with Crippen molar-refractivity contribution in [3.05, 3.63) is 29.6 Å². The van der Waals surface area contributed by atoms with Crippen molar-refractivity contribution in [1.82, 2.24) is 4.98 Å². The first-order valence-electron chi connectivity index (χ1n) is 5.46. The molecule has 0 amide bonds. The second-order valence-electron chi connectivity index (χ2n) is 4.33. The fraction of sp³-hybridized carbons (Fsp3) is 0.500. The highest BCUT2D eigenvalue weighted by molar-refractivity contribution is 5.72. The van der Waals surface area contributed by atoms with Gasteiger partial charge in [0, 0.05) is 19.0 Å². The Morgan fingerprint density at radius 2 is 2.27 bits per heavy atom. The summed E-state index contributed by atoms with van der Waals surface area (Å²) in [4.78, 5) is 15.7. The fourth-order valence-corrected chi connectivity index (χ4v) is 2.70. The van der Waals surface area contributed by atoms with Gasteiger partial charge in [0.1, 0.15) is 0 Å². The molecule has 0 N–H and O–H groups in total. The molecule has 1 aliphatic carbocycles. The van der Waals surface area contributed by atoms with Gasteiger partial charge in [0.05, 0.1) is 5.69 Å². The molecule has 3 rings (SSSR count). The van der Waals surface area contributed by atoms with E-state index in [2.05, 4.69) is 11.1 Å². The Balaban J connectivity index is 2.09. The number of fused-ring (bicyclic) bond motifs is 2. The van der Waals surface area contributed by atoms with Crippen molar-refractivity contribution in [2.75, 3.05) is 0 Å². The van der Waals surface area contributed by atoms with E-state index in [4.69, 9.17) is 4.74 Å². The minimum atomic E-state index is -0.383. The van der Waals surface area contributed by atoms with Gasteiger partial charge in [0.25, 0.3) is 0 Å². The van der Waals surface area contributed by atoms with Crippen LogP contribution in [0.5, 0.6) is 0 Å². The Hall–Kier alpha value is -1.38. The molecule has 1 fully saturated rings. The summed E-state index contributed by atoms with van der Waals surface area (Å²) >= 11 is 0. The number of hydrogen-bond acceptors (Lipinski definition) is 3. The lowest BCUT2D eigenvalue weighted by molar-refractivity contribution is -0.150. The van der Waals surface area contributed by atoms with Crippen LogP contribution in [0.4, 0.5) is 0 Å². The second-order valence-corrected chi connectivity index (χ2v) is 4.33. The largest absolute Gasteiger partial charge is 0.452 e. The monoisotopic (exact) mass is 203 g/mol. The standard InChI is InChI=1S/C12H13NO2/c14-10-5-7-12(15-10)6-1-3-9-4-2-8-13-11(9)12/h2,4,8H,1,3,5-7H2. The molecule has 0 aromatic carbocycles. The minimum absolute atomic E-state index is 0.0755. The van der Waals surface area contributed by atoms with Crippen LogP contribution in [0.2, 0.25) is 0 Å². The van der Waals surface area contributed by atoms with Crippen molar-refractivity contribution in [1.29, 1.82) is 0 Å². The quantitative estimate of drug-likeness (QED) is 0.605. The zero-order valence-corrected chi connectivity index (χ0v) is 8.53. The average Bonchev–Trinajstić information content (AvgIpc) is 2.62. The second kappa shape index (κ2) is 3.05. The van der Waals surface area contributed by atoms with Crippen molar-refractivity contribution in [3.63, 3.8) is 0 Å². The van der Waals surface area contributed by atoms with Crippen molar-refractivity contribution in [3.8, 4) is 0 Å². The number of nitrogens with zero attached hydrogens (tertiary/aromatic N) is 1. The third kappa shape index (κ3) is 1.26. The lowest BCUT2D eigenvalue weighted by Gasteiger charge is -2.32. The average molecular weight is 203 g/mol. The van der Waals surface area contributed by atoms with Gasteiger partial charge in [-0.3, -0.25) is 9.78 Å². The molecule has 78 valence electrons. The van der Waals surface area contributed by atoms with Gasteiger partial charge in [-0.1, -0.05) is 6.07 Å². The number of aryl methyl sites for hydroxylation is 1. The summed E-state index contributed by atoms with van der Waals surface area (Å²) in [5.41, 5.74) is 1.87. The zero-order valence-electron chi connectivity index (χ0n) is 8.53. The molecule has 2 heterocycles. The Bertz CT molecular complexity index is 416. The first-order chi connectivity index (χ1) is 7.30. The Morgan fingerprint density at radius 3 is 3.07 bits per heavy atom. The number of aromatic nitrogens is 1. The zero-order chi connectivity index (χ0) is 10.3. The van der Waals surface area contributed by atoms with Crippen LogP contribution in [0.25, 0.3) is 0 Å². The van der Waals surface area contributed by atoms with Gasteiger partial charge >= 0.3 is 5.97 Å². The molecule has 1 aromatic rings. The Kier molecular flexibility index (Phi) is 1.81. The molecular formula is C12H13NO2. The molecular weight excluding hydrogens is 190 g/mol. The number of esters is 1. The van der Waals surface area contributed by atoms with Gasteiger partial charge in [-0.25, -0.2) is 0 Å². The number of ether oxygens (including phenoxy) is 1. The molecule has 1 atom stereocenters. The smallest absolute Gasteiger partial charge is 0.306 e. The summed E-state index contributed by atoms with van der Waals surface area (Å²) in [6.45, 7) is 0. The molecule has 2 aliphatic rings. The van der Waals surface area contributed by atoms with Crippen LogP contribution in [0, 0.1) is 0 Å². The first-order valence-corrected chi connectivity index (χ1v) is 5.46. The maximum absolute atomic E-state index is 11.3. The van der Waals surface area contributed by atoms with E-state index in [1.54, 1.807) is 6.20 Å². The van der Waals surface area contributed by atoms with Crippen molar-refractivity contribution < 1.29 is 9.53 Å². The maximum atomic E-state index is 11.3. The van der Waals surface area contributed by atoms with Crippen LogP contribution >= 0.6 is 0 Å². The molecule has 1 aromatic heterocycles. The van der Waals surface area contributed by atoms with Gasteiger partial charge in [-0.05, 0) is 30.9 Å². The summed E-state index contributed by atoms with van der Waals surface area (Å²) in [5, 5.41) is 0. The van der Waals surface area contributed by atoms with E-state index in [9.17, 15) is 4.79 Å². The molecule has 3 heteroatoms. The molecule has 3 nitrogen and oxygen atoms in total. The molecule has 1 saturated heterocycles. The molecule has 0 bridgehead atoms. The van der Waals surface area contributed by atoms with E-state index in [1.165, 1.54) is 5.56 Å². The third-order valence-corrected chi connectivity index (χ3v) is 3.39. The fourth-order valence-electron chi connectivity index (χ4n) is 2.70. The maximum Gasteiger partial charge on any atom is 0.306 e. The highest BCUT2D eigenvalue weighted by Gasteiger charge is 2.45. The lowest BCUT2D eigenvalue weighted by Crippen LogP contribution is -2.31. The summed E-state index contributed by atoms with van der Waals surface area (Å²) in [6.07, 6.45) is 6.21. The van der Waals surface area contributed by atoms with Crippen molar-refractivity contribution >= 4 is 5.97 Å². The van der Waals surface area contributed by atoms with E-state index >= 15 is 0 Å². The predicted molar refractivity (Wildman–Crippen MR) is 54.2 cm³/mol. The Labute approximate surface area is 88.5 Å². The first kappa shape index (κ1) is 8.89. The molecule has 0 radical (unpaired) electrons.